The number of amides is 2. The monoisotopic (exact) mass is 485 g/mol. The minimum absolute atomic E-state index is 0.105. The molecule has 0 aromatic heterocycles. The van der Waals surface area contributed by atoms with Crippen LogP contribution < -0.4 is 0 Å². The highest BCUT2D eigenvalue weighted by Crippen LogP contribution is 2.51. The minimum atomic E-state index is -0.958. The number of benzene rings is 1. The number of hydrogen-bond acceptors (Lipinski definition) is 5. The highest BCUT2D eigenvalue weighted by molar-refractivity contribution is 6.43. The number of carbonyl (C=O) groups is 2. The molecule has 4 atom stereocenters. The lowest BCUT2D eigenvalue weighted by Gasteiger charge is -2.44. The second-order valence-electron chi connectivity index (χ2n) is 10.0. The van der Waals surface area contributed by atoms with E-state index in [0.29, 0.717) is 24.2 Å². The topological polar surface area (TPSA) is 87.1 Å². The fourth-order valence-corrected chi connectivity index (χ4v) is 6.16. The number of phenols is 1. The van der Waals surface area contributed by atoms with Crippen molar-refractivity contribution in [1.29, 1.82) is 0 Å². The van der Waals surface area contributed by atoms with Crippen LogP contribution in [-0.2, 0) is 14.2 Å². The predicted octanol–water partition coefficient (Wildman–Crippen LogP) is 4.70. The number of carbonyl (C=O) groups excluding carboxylic acids is 2. The summed E-state index contributed by atoms with van der Waals surface area (Å²) in [6.07, 6.45) is 4.91. The van der Waals surface area contributed by atoms with E-state index in [1.807, 2.05) is 6.08 Å². The largest absolute Gasteiger partial charge is 0.508 e. The van der Waals surface area contributed by atoms with Crippen molar-refractivity contribution >= 4 is 36.6 Å². The molecule has 2 N–H and O–H groups in total. The summed E-state index contributed by atoms with van der Waals surface area (Å²) in [6.45, 7) is 6.33. The van der Waals surface area contributed by atoms with Crippen LogP contribution in [0.25, 0.3) is 6.08 Å². The first-order valence-corrected chi connectivity index (χ1v) is 12.6. The van der Waals surface area contributed by atoms with E-state index in [-0.39, 0.29) is 41.4 Å². The standard InChI is InChI=1S/C26H33BClNO5/c1-5-15(10-16-7-8-17(30)11-21(16)28)6-9-22-23-18(14(2)3)12-19-24(20(23)13-27(33)34-22)26(32)29(4)25(19)31/h7-8,10-11,14,19-20,22,24,30,33H,5-6,9,12-13H2,1-4H3/b15-10+/t19-,20+,22-,24-/m1/s1. The summed E-state index contributed by atoms with van der Waals surface area (Å²) in [4.78, 5) is 27.0. The third-order valence-corrected chi connectivity index (χ3v) is 8.01. The molecule has 2 saturated heterocycles. The SMILES string of the molecule is CC/C(=C\c1ccc(O)cc1Cl)CC[C@H]1OB(O)C[C@H]2C1=C(C(C)C)C[C@H]1C(=O)N(C)C(=O)[C@H]12. The van der Waals surface area contributed by atoms with Gasteiger partial charge in [0.2, 0.25) is 11.8 Å². The van der Waals surface area contributed by atoms with Crippen molar-refractivity contribution in [3.63, 3.8) is 0 Å². The average Bonchev–Trinajstić information content (AvgIpc) is 3.01. The van der Waals surface area contributed by atoms with Crippen LogP contribution in [-0.4, -0.2) is 47.1 Å². The van der Waals surface area contributed by atoms with Gasteiger partial charge >= 0.3 is 7.12 Å². The molecule has 3 aliphatic rings. The summed E-state index contributed by atoms with van der Waals surface area (Å²) in [7, 11) is 0.609. The molecule has 2 fully saturated rings. The smallest absolute Gasteiger partial charge is 0.455 e. The van der Waals surface area contributed by atoms with Gasteiger partial charge in [0.15, 0.2) is 0 Å². The molecule has 4 rings (SSSR count). The molecular weight excluding hydrogens is 453 g/mol. The number of phenolic OH excluding ortho intramolecular Hbond substituents is 1. The first kappa shape index (κ1) is 25.0. The molecule has 34 heavy (non-hydrogen) atoms. The van der Waals surface area contributed by atoms with Crippen molar-refractivity contribution < 1.29 is 24.4 Å². The van der Waals surface area contributed by atoms with Gasteiger partial charge in [-0.1, -0.05) is 49.6 Å². The molecule has 0 saturated carbocycles. The van der Waals surface area contributed by atoms with Gasteiger partial charge in [-0.05, 0) is 73.2 Å². The predicted molar refractivity (Wildman–Crippen MR) is 133 cm³/mol. The van der Waals surface area contributed by atoms with E-state index < -0.39 is 13.0 Å². The summed E-state index contributed by atoms with van der Waals surface area (Å²) in [5.41, 5.74) is 4.35. The quantitative estimate of drug-likeness (QED) is 0.346. The molecule has 6 nitrogen and oxygen atoms in total. The Morgan fingerprint density at radius 2 is 2.03 bits per heavy atom. The third kappa shape index (κ3) is 4.58. The molecule has 182 valence electrons. The Morgan fingerprint density at radius 1 is 1.29 bits per heavy atom. The lowest BCUT2D eigenvalue weighted by Crippen LogP contribution is -2.46. The molecule has 8 heteroatoms. The second-order valence-corrected chi connectivity index (χ2v) is 10.4. The Morgan fingerprint density at radius 3 is 2.68 bits per heavy atom. The Bertz CT molecular complexity index is 1050. The van der Waals surface area contributed by atoms with Crippen molar-refractivity contribution in [3.05, 3.63) is 45.5 Å². The maximum Gasteiger partial charge on any atom is 0.455 e. The molecule has 1 aromatic carbocycles. The van der Waals surface area contributed by atoms with Crippen molar-refractivity contribution in [3.8, 4) is 5.75 Å². The summed E-state index contributed by atoms with van der Waals surface area (Å²) < 4.78 is 6.06. The lowest BCUT2D eigenvalue weighted by molar-refractivity contribution is -0.138. The number of rotatable bonds is 6. The first-order chi connectivity index (χ1) is 16.1. The molecule has 2 amide bonds. The van der Waals surface area contributed by atoms with E-state index in [1.54, 1.807) is 19.2 Å². The Balaban J connectivity index is 1.63. The van der Waals surface area contributed by atoms with Gasteiger partial charge in [-0.15, -0.1) is 0 Å². The van der Waals surface area contributed by atoms with E-state index >= 15 is 0 Å². The Kier molecular flexibility index (Phi) is 7.27. The fraction of sp³-hybridized carbons (Fsp3) is 0.538. The summed E-state index contributed by atoms with van der Waals surface area (Å²) in [5.74, 6) is -0.802. The van der Waals surface area contributed by atoms with Crippen LogP contribution in [0.1, 0.15) is 52.0 Å². The third-order valence-electron chi connectivity index (χ3n) is 7.69. The van der Waals surface area contributed by atoms with Gasteiger partial charge in [0.05, 0.1) is 23.0 Å². The van der Waals surface area contributed by atoms with Crippen LogP contribution >= 0.6 is 11.6 Å². The first-order valence-electron chi connectivity index (χ1n) is 12.2. The Hall–Kier alpha value is -2.09. The van der Waals surface area contributed by atoms with Gasteiger partial charge < -0.3 is 14.8 Å². The number of aromatic hydroxyl groups is 1. The summed E-state index contributed by atoms with van der Waals surface area (Å²) in [5, 5.41) is 20.7. The summed E-state index contributed by atoms with van der Waals surface area (Å²) in [6, 6.07) is 4.94. The zero-order valence-corrected chi connectivity index (χ0v) is 21.0. The maximum atomic E-state index is 13.0. The number of imide groups is 1. The number of nitrogens with zero attached hydrogens (tertiary/aromatic N) is 1. The van der Waals surface area contributed by atoms with Gasteiger partial charge in [0.25, 0.3) is 0 Å². The molecule has 2 heterocycles. The number of fused-ring (bicyclic) bond motifs is 3. The minimum Gasteiger partial charge on any atom is -0.508 e. The molecule has 1 aliphatic carbocycles. The zero-order valence-electron chi connectivity index (χ0n) is 20.3. The average molecular weight is 486 g/mol. The van der Waals surface area contributed by atoms with E-state index in [0.717, 1.165) is 24.0 Å². The molecule has 1 aromatic rings. The van der Waals surface area contributed by atoms with Crippen molar-refractivity contribution in [1.82, 2.24) is 4.90 Å². The molecule has 0 bridgehead atoms. The second kappa shape index (κ2) is 9.88. The van der Waals surface area contributed by atoms with Crippen LogP contribution in [0.15, 0.2) is 34.9 Å². The van der Waals surface area contributed by atoms with Crippen molar-refractivity contribution in [2.24, 2.45) is 23.7 Å². The number of halogens is 1. The Labute approximate surface area is 206 Å². The molecule has 2 aliphatic heterocycles. The van der Waals surface area contributed by atoms with Gasteiger partial charge in [0.1, 0.15) is 5.75 Å². The van der Waals surface area contributed by atoms with Crippen molar-refractivity contribution in [2.45, 2.75) is 58.9 Å². The fourth-order valence-electron chi connectivity index (χ4n) is 5.93. The molecule has 0 spiro atoms. The molecular formula is C26H33BClNO5. The number of allylic oxidation sites excluding steroid dienone is 2. The van der Waals surface area contributed by atoms with Gasteiger partial charge in [-0.2, -0.15) is 0 Å². The molecule has 0 radical (unpaired) electrons. The van der Waals surface area contributed by atoms with Crippen molar-refractivity contribution in [2.75, 3.05) is 7.05 Å². The lowest BCUT2D eigenvalue weighted by atomic mass is 9.57. The van der Waals surface area contributed by atoms with Crippen LogP contribution in [0.2, 0.25) is 11.3 Å². The highest BCUT2D eigenvalue weighted by atomic mass is 35.5. The number of hydrogen-bond donors (Lipinski definition) is 2. The van der Waals surface area contributed by atoms with Gasteiger partial charge in [-0.25, -0.2) is 0 Å². The van der Waals surface area contributed by atoms with Gasteiger partial charge in [0, 0.05) is 7.05 Å². The van der Waals surface area contributed by atoms with Gasteiger partial charge in [-0.3, -0.25) is 14.5 Å². The highest BCUT2D eigenvalue weighted by Gasteiger charge is 2.56. The van der Waals surface area contributed by atoms with Crippen LogP contribution in [0.3, 0.4) is 0 Å². The van der Waals surface area contributed by atoms with Crippen LogP contribution in [0.4, 0.5) is 0 Å². The summed E-state index contributed by atoms with van der Waals surface area (Å²) >= 11 is 6.30. The normalized spacial score (nSPS) is 27.6. The maximum absolute atomic E-state index is 13.0. The zero-order chi connectivity index (χ0) is 24.7. The van der Waals surface area contributed by atoms with E-state index in [1.165, 1.54) is 22.1 Å². The van der Waals surface area contributed by atoms with E-state index in [9.17, 15) is 19.7 Å². The van der Waals surface area contributed by atoms with Crippen LogP contribution in [0.5, 0.6) is 5.75 Å². The molecule has 0 unspecified atom stereocenters. The van der Waals surface area contributed by atoms with E-state index in [2.05, 4.69) is 20.8 Å². The number of likely N-dealkylation sites (tertiary alicyclic amines) is 1. The van der Waals surface area contributed by atoms with Crippen LogP contribution in [0, 0.1) is 23.7 Å². The van der Waals surface area contributed by atoms with E-state index in [4.69, 9.17) is 16.3 Å².